The smallest absolute Gasteiger partial charge is 0.410 e. The molecule has 2 atom stereocenters. The number of aromatic hydroxyl groups is 1. The molecule has 2 unspecified atom stereocenters. The molecule has 0 bridgehead atoms. The molecular weight excluding hydrogens is 372 g/mol. The van der Waals surface area contributed by atoms with Crippen LogP contribution in [0.1, 0.15) is 40.4 Å². The molecule has 29 heavy (non-hydrogen) atoms. The van der Waals surface area contributed by atoms with Gasteiger partial charge in [-0.15, -0.1) is 0 Å². The fourth-order valence-corrected chi connectivity index (χ4v) is 4.31. The SMILES string of the molecule is CC(C)(C)OC(=O)N1CC2C(C1)C2C(=O)NC(C)(C)c1ncc2c(O)cccn12. The number of ether oxygens (including phenoxy) is 1. The fraction of sp³-hybridized carbons (Fsp3) is 0.571. The van der Waals surface area contributed by atoms with Gasteiger partial charge in [0, 0.05) is 25.2 Å². The molecule has 2 fully saturated rings. The molecule has 1 aliphatic carbocycles. The molecule has 1 saturated heterocycles. The average molecular weight is 400 g/mol. The monoisotopic (exact) mass is 400 g/mol. The van der Waals surface area contributed by atoms with Crippen molar-refractivity contribution in [1.29, 1.82) is 0 Å². The van der Waals surface area contributed by atoms with Crippen molar-refractivity contribution in [3.05, 3.63) is 30.4 Å². The molecule has 4 rings (SSSR count). The van der Waals surface area contributed by atoms with Gasteiger partial charge in [0.25, 0.3) is 0 Å². The molecule has 2 N–H and O–H groups in total. The van der Waals surface area contributed by atoms with Crippen molar-refractivity contribution in [3.8, 4) is 5.75 Å². The van der Waals surface area contributed by atoms with Gasteiger partial charge in [-0.2, -0.15) is 0 Å². The Labute approximate surface area is 169 Å². The molecule has 0 radical (unpaired) electrons. The van der Waals surface area contributed by atoms with Crippen molar-refractivity contribution in [2.24, 2.45) is 17.8 Å². The molecule has 156 valence electrons. The molecule has 2 amide bonds. The van der Waals surface area contributed by atoms with E-state index in [0.29, 0.717) is 24.4 Å². The summed E-state index contributed by atoms with van der Waals surface area (Å²) in [6.07, 6.45) is 3.10. The zero-order chi connectivity index (χ0) is 21.1. The lowest BCUT2D eigenvalue weighted by Gasteiger charge is -2.27. The Bertz CT molecular complexity index is 963. The van der Waals surface area contributed by atoms with Crippen LogP contribution in [-0.2, 0) is 15.1 Å². The van der Waals surface area contributed by atoms with E-state index in [2.05, 4.69) is 10.3 Å². The minimum atomic E-state index is -0.709. The number of nitrogens with zero attached hydrogens (tertiary/aromatic N) is 3. The van der Waals surface area contributed by atoms with Gasteiger partial charge in [0.15, 0.2) is 0 Å². The molecule has 8 nitrogen and oxygen atoms in total. The maximum atomic E-state index is 12.9. The number of imidazole rings is 1. The number of hydrogen-bond acceptors (Lipinski definition) is 5. The Morgan fingerprint density at radius 3 is 2.48 bits per heavy atom. The number of hydrogen-bond donors (Lipinski definition) is 2. The second-order valence-corrected chi connectivity index (χ2v) is 9.58. The lowest BCUT2D eigenvalue weighted by molar-refractivity contribution is -0.125. The van der Waals surface area contributed by atoms with Crippen LogP contribution in [0.15, 0.2) is 24.5 Å². The number of fused-ring (bicyclic) bond motifs is 2. The van der Waals surface area contributed by atoms with Crippen LogP contribution in [-0.4, -0.2) is 50.1 Å². The molecule has 8 heteroatoms. The number of carbonyl (C=O) groups excluding carboxylic acids is 2. The van der Waals surface area contributed by atoms with Gasteiger partial charge in [0.05, 0.1) is 11.7 Å². The molecule has 2 aromatic rings. The summed E-state index contributed by atoms with van der Waals surface area (Å²) in [5.74, 6) is 1.04. The van der Waals surface area contributed by atoms with Crippen LogP contribution in [0.3, 0.4) is 0 Å². The van der Waals surface area contributed by atoms with Gasteiger partial charge < -0.3 is 20.1 Å². The first-order chi connectivity index (χ1) is 13.5. The van der Waals surface area contributed by atoms with Crippen molar-refractivity contribution < 1.29 is 19.4 Å². The number of rotatable bonds is 3. The highest BCUT2D eigenvalue weighted by molar-refractivity contribution is 5.84. The minimum Gasteiger partial charge on any atom is -0.506 e. The molecular formula is C21H28N4O4. The molecule has 0 spiro atoms. The lowest BCUT2D eigenvalue weighted by Crippen LogP contribution is -2.45. The summed E-state index contributed by atoms with van der Waals surface area (Å²) in [6, 6.07) is 3.34. The van der Waals surface area contributed by atoms with Gasteiger partial charge in [-0.25, -0.2) is 9.78 Å². The van der Waals surface area contributed by atoms with Gasteiger partial charge in [-0.3, -0.25) is 9.20 Å². The third-order valence-electron chi connectivity index (χ3n) is 5.69. The lowest BCUT2D eigenvalue weighted by atomic mass is 10.0. The predicted molar refractivity (Wildman–Crippen MR) is 106 cm³/mol. The second-order valence-electron chi connectivity index (χ2n) is 9.58. The highest BCUT2D eigenvalue weighted by Gasteiger charge is 2.61. The summed E-state index contributed by atoms with van der Waals surface area (Å²) in [5, 5.41) is 13.1. The fourth-order valence-electron chi connectivity index (χ4n) is 4.31. The van der Waals surface area contributed by atoms with Gasteiger partial charge in [-0.1, -0.05) is 0 Å². The third kappa shape index (κ3) is 3.52. The van der Waals surface area contributed by atoms with E-state index in [1.165, 1.54) is 0 Å². The first-order valence-corrected chi connectivity index (χ1v) is 9.93. The van der Waals surface area contributed by atoms with Crippen LogP contribution in [0.4, 0.5) is 4.79 Å². The summed E-state index contributed by atoms with van der Waals surface area (Å²) in [5.41, 5.74) is -0.633. The van der Waals surface area contributed by atoms with E-state index in [-0.39, 0.29) is 35.5 Å². The largest absolute Gasteiger partial charge is 0.506 e. The van der Waals surface area contributed by atoms with Crippen molar-refractivity contribution in [1.82, 2.24) is 19.6 Å². The summed E-state index contributed by atoms with van der Waals surface area (Å²) in [4.78, 5) is 31.2. The topological polar surface area (TPSA) is 96.2 Å². The maximum Gasteiger partial charge on any atom is 0.410 e. The minimum absolute atomic E-state index is 0.0225. The molecule has 2 aromatic heterocycles. The number of pyridine rings is 1. The standard InChI is InChI=1S/C21H28N4O4/c1-20(2,3)29-19(28)24-10-12-13(11-24)16(12)17(27)23-21(4,5)18-22-9-14-15(26)7-6-8-25(14)18/h6-9,12-13,16,26H,10-11H2,1-5H3,(H,23,27). The van der Waals surface area contributed by atoms with Crippen LogP contribution in [0, 0.1) is 17.8 Å². The molecule has 3 heterocycles. The van der Waals surface area contributed by atoms with Crippen LogP contribution in [0.5, 0.6) is 5.75 Å². The molecule has 1 aliphatic heterocycles. The van der Waals surface area contributed by atoms with E-state index in [1.807, 2.05) is 40.8 Å². The number of amides is 2. The summed E-state index contributed by atoms with van der Waals surface area (Å²) in [6.45, 7) is 10.4. The number of likely N-dealkylation sites (tertiary alicyclic amines) is 1. The van der Waals surface area contributed by atoms with Crippen LogP contribution >= 0.6 is 0 Å². The Hall–Kier alpha value is -2.77. The van der Waals surface area contributed by atoms with Crippen molar-refractivity contribution in [3.63, 3.8) is 0 Å². The second kappa shape index (κ2) is 6.37. The van der Waals surface area contributed by atoms with Crippen molar-refractivity contribution >= 4 is 17.5 Å². The van der Waals surface area contributed by atoms with Gasteiger partial charge in [-0.05, 0) is 58.6 Å². The highest BCUT2D eigenvalue weighted by Crippen LogP contribution is 2.52. The summed E-state index contributed by atoms with van der Waals surface area (Å²) in [7, 11) is 0. The Balaban J connectivity index is 1.40. The highest BCUT2D eigenvalue weighted by atomic mass is 16.6. The van der Waals surface area contributed by atoms with E-state index in [9.17, 15) is 14.7 Å². The first-order valence-electron chi connectivity index (χ1n) is 9.93. The van der Waals surface area contributed by atoms with E-state index >= 15 is 0 Å². The normalized spacial score (nSPS) is 23.8. The van der Waals surface area contributed by atoms with Crippen LogP contribution < -0.4 is 5.32 Å². The van der Waals surface area contributed by atoms with Crippen LogP contribution in [0.2, 0.25) is 0 Å². The van der Waals surface area contributed by atoms with Crippen molar-refractivity contribution in [2.45, 2.75) is 45.8 Å². The molecule has 2 aliphatic rings. The van der Waals surface area contributed by atoms with E-state index in [4.69, 9.17) is 4.74 Å². The zero-order valence-electron chi connectivity index (χ0n) is 17.5. The number of piperidine rings is 1. The van der Waals surface area contributed by atoms with E-state index < -0.39 is 11.1 Å². The van der Waals surface area contributed by atoms with E-state index in [0.717, 1.165) is 0 Å². The van der Waals surface area contributed by atoms with Gasteiger partial charge in [0.2, 0.25) is 5.91 Å². The Morgan fingerprint density at radius 2 is 1.86 bits per heavy atom. The van der Waals surface area contributed by atoms with Crippen molar-refractivity contribution in [2.75, 3.05) is 13.1 Å². The summed E-state index contributed by atoms with van der Waals surface area (Å²) >= 11 is 0. The zero-order valence-corrected chi connectivity index (χ0v) is 17.5. The number of carbonyl (C=O) groups is 2. The van der Waals surface area contributed by atoms with Gasteiger partial charge >= 0.3 is 6.09 Å². The Kier molecular flexibility index (Phi) is 4.29. The predicted octanol–water partition coefficient (Wildman–Crippen LogP) is 2.50. The maximum absolute atomic E-state index is 12.9. The third-order valence-corrected chi connectivity index (χ3v) is 5.69. The molecule has 0 aromatic carbocycles. The Morgan fingerprint density at radius 1 is 1.21 bits per heavy atom. The first kappa shape index (κ1) is 19.5. The number of nitrogens with one attached hydrogen (secondary N) is 1. The van der Waals surface area contributed by atoms with E-state index in [1.54, 1.807) is 27.6 Å². The molecule has 1 saturated carbocycles. The van der Waals surface area contributed by atoms with Crippen LogP contribution in [0.25, 0.3) is 5.52 Å². The van der Waals surface area contributed by atoms with Gasteiger partial charge in [0.1, 0.15) is 22.7 Å². The number of aromatic nitrogens is 2. The quantitative estimate of drug-likeness (QED) is 0.825. The average Bonchev–Trinajstić information content (AvgIpc) is 2.96. The summed E-state index contributed by atoms with van der Waals surface area (Å²) < 4.78 is 7.21.